The summed E-state index contributed by atoms with van der Waals surface area (Å²) in [6.45, 7) is 5.16. The number of nitrogens with two attached hydrogens (primary N) is 2. The number of oxime groups is 2. The second-order valence-corrected chi connectivity index (χ2v) is 11.2. The number of anilines is 1. The van der Waals surface area contributed by atoms with E-state index in [1.54, 1.807) is 43.5 Å². The molecule has 39 heavy (non-hydrogen) atoms. The number of Topliss-reactive ketones (excluding diaryl/α,β-unsaturated/α-hetero) is 1. The van der Waals surface area contributed by atoms with Gasteiger partial charge in [0, 0.05) is 17.4 Å². The van der Waals surface area contributed by atoms with Crippen LogP contribution in [0.3, 0.4) is 0 Å². The van der Waals surface area contributed by atoms with Crippen molar-refractivity contribution in [2.75, 3.05) is 18.9 Å². The van der Waals surface area contributed by atoms with Gasteiger partial charge in [-0.3, -0.25) is 14.1 Å². The lowest BCUT2D eigenvalue weighted by molar-refractivity contribution is -0.150. The number of ketones is 1. The van der Waals surface area contributed by atoms with Crippen molar-refractivity contribution in [3.63, 3.8) is 0 Å². The van der Waals surface area contributed by atoms with Crippen molar-refractivity contribution in [2.45, 2.75) is 33.2 Å². The van der Waals surface area contributed by atoms with Gasteiger partial charge in [-0.15, -0.1) is 11.3 Å². The van der Waals surface area contributed by atoms with Gasteiger partial charge in [0.15, 0.2) is 29.1 Å². The molecule has 0 spiro atoms. The first kappa shape index (κ1) is 29.8. The molecule has 4 unspecified atom stereocenters. The van der Waals surface area contributed by atoms with Crippen LogP contribution < -0.4 is 16.2 Å². The number of carbonyl (C=O) groups is 2. The van der Waals surface area contributed by atoms with E-state index in [4.69, 9.17) is 26.2 Å². The Balaban J connectivity index is 1.61. The lowest BCUT2D eigenvalue weighted by Gasteiger charge is -2.46. The summed E-state index contributed by atoms with van der Waals surface area (Å²) in [6, 6.07) is 5.77. The number of benzene rings is 1. The fraction of sp³-hybridized carbons (Fsp3) is 0.435. The highest BCUT2D eigenvalue weighted by Crippen LogP contribution is 2.38. The lowest BCUT2D eigenvalue weighted by atomic mass is 9.73. The van der Waals surface area contributed by atoms with Crippen molar-refractivity contribution < 1.29 is 37.3 Å². The van der Waals surface area contributed by atoms with Gasteiger partial charge in [-0.25, -0.2) is 9.29 Å². The first-order valence-electron chi connectivity index (χ1n) is 11.8. The van der Waals surface area contributed by atoms with Crippen LogP contribution in [0.25, 0.3) is 0 Å². The minimum Gasteiger partial charge on any atom is -0.490 e. The van der Waals surface area contributed by atoms with Crippen LogP contribution in [0.2, 0.25) is 0 Å². The summed E-state index contributed by atoms with van der Waals surface area (Å²) in [6.07, 6.45) is -0.0215. The number of hydrogen-bond acceptors (Lipinski definition) is 12. The summed E-state index contributed by atoms with van der Waals surface area (Å²) in [5, 5.41) is 17.4. The van der Waals surface area contributed by atoms with E-state index in [0.717, 1.165) is 11.3 Å². The summed E-state index contributed by atoms with van der Waals surface area (Å²) < 4.78 is 38.1. The van der Waals surface area contributed by atoms with Crippen LogP contribution in [0.1, 0.15) is 38.4 Å². The van der Waals surface area contributed by atoms with Gasteiger partial charge in [0.05, 0.1) is 12.0 Å². The quantitative estimate of drug-likeness (QED) is 0.0504. The molecule has 14 nitrogen and oxygen atoms in total. The number of β-lactam (4-membered cyclic amide) rings is 1. The Kier molecular flexibility index (Phi) is 9.47. The average molecular weight is 583 g/mol. The number of amidine groups is 1. The molecule has 6 N–H and O–H groups in total. The predicted molar refractivity (Wildman–Crippen MR) is 143 cm³/mol. The molecule has 1 aromatic carbocycles. The van der Waals surface area contributed by atoms with Gasteiger partial charge in [-0.1, -0.05) is 24.2 Å². The zero-order valence-electron chi connectivity index (χ0n) is 21.4. The maximum Gasteiger partial charge on any atom is 0.362 e. The van der Waals surface area contributed by atoms with E-state index >= 15 is 0 Å². The molecule has 1 fully saturated rings. The van der Waals surface area contributed by atoms with E-state index in [1.807, 2.05) is 0 Å². The van der Waals surface area contributed by atoms with Crippen molar-refractivity contribution in [1.29, 1.82) is 0 Å². The molecule has 16 heteroatoms. The zero-order chi connectivity index (χ0) is 28.9. The van der Waals surface area contributed by atoms with Crippen LogP contribution in [0.4, 0.5) is 5.13 Å². The molecule has 0 radical (unpaired) electrons. The fourth-order valence-electron chi connectivity index (χ4n) is 4.26. The second kappa shape index (κ2) is 12.4. The topological polar surface area (TPSA) is 220 Å². The number of ether oxygens (including phenoxy) is 1. The molecule has 212 valence electrons. The first-order valence-corrected chi connectivity index (χ1v) is 14.1. The van der Waals surface area contributed by atoms with Crippen LogP contribution in [-0.4, -0.2) is 70.0 Å². The van der Waals surface area contributed by atoms with Crippen molar-refractivity contribution in [3.8, 4) is 5.75 Å². The normalized spacial score (nSPS) is 19.8. The highest BCUT2D eigenvalue weighted by atomic mass is 32.2. The molecule has 0 bridgehead atoms. The molecule has 3 rings (SSSR count). The van der Waals surface area contributed by atoms with Crippen LogP contribution in [0.15, 0.2) is 40.0 Å². The van der Waals surface area contributed by atoms with E-state index in [1.165, 1.54) is 6.92 Å². The Morgan fingerprint density at radius 3 is 2.46 bits per heavy atom. The smallest absolute Gasteiger partial charge is 0.362 e. The number of rotatable bonds is 13. The number of aromatic nitrogens is 1. The van der Waals surface area contributed by atoms with Crippen LogP contribution in [-0.2, 0) is 24.7 Å². The molecule has 1 aliphatic heterocycles. The van der Waals surface area contributed by atoms with Crippen LogP contribution in [0, 0.1) is 17.8 Å². The summed E-state index contributed by atoms with van der Waals surface area (Å²) in [5.74, 6) is -2.00. The average Bonchev–Trinajstić information content (AvgIpc) is 3.30. The number of carbonyl (C=O) groups excluding carboxylic acids is 2. The lowest BCUT2D eigenvalue weighted by Crippen LogP contribution is -2.63. The Morgan fingerprint density at radius 1 is 1.26 bits per heavy atom. The molecule has 1 amide bonds. The van der Waals surface area contributed by atoms with E-state index in [9.17, 15) is 22.6 Å². The summed E-state index contributed by atoms with van der Waals surface area (Å²) in [7, 11) is -4.63. The largest absolute Gasteiger partial charge is 0.490 e. The molecular formula is C23H30N6O8S2. The van der Waals surface area contributed by atoms with Crippen molar-refractivity contribution in [3.05, 3.63) is 40.9 Å². The number of nitrogen functional groups attached to an aromatic ring is 1. The summed E-state index contributed by atoms with van der Waals surface area (Å²) in [5.41, 5.74) is 12.0. The number of hydrogen-bond donors (Lipinski definition) is 4. The highest BCUT2D eigenvalue weighted by molar-refractivity contribution is 7.84. The minimum atomic E-state index is -4.63. The van der Waals surface area contributed by atoms with Crippen LogP contribution >= 0.6 is 11.3 Å². The van der Waals surface area contributed by atoms with Gasteiger partial charge in [0.25, 0.3) is 0 Å². The summed E-state index contributed by atoms with van der Waals surface area (Å²) >= 11 is 1.13. The molecule has 1 aliphatic rings. The highest BCUT2D eigenvalue weighted by Gasteiger charge is 2.53. The molecule has 1 aromatic heterocycles. The van der Waals surface area contributed by atoms with E-state index in [2.05, 4.69) is 15.3 Å². The van der Waals surface area contributed by atoms with Gasteiger partial charge in [-0.05, 0) is 43.0 Å². The maximum atomic E-state index is 13.2. The van der Waals surface area contributed by atoms with Gasteiger partial charge >= 0.3 is 10.3 Å². The molecular weight excluding hydrogens is 552 g/mol. The molecule has 2 heterocycles. The molecule has 4 atom stereocenters. The van der Waals surface area contributed by atoms with E-state index in [0.29, 0.717) is 15.6 Å². The van der Waals surface area contributed by atoms with E-state index in [-0.39, 0.29) is 53.8 Å². The molecule has 2 aromatic rings. The SMILES string of the molecule is CC(CC(=O)C(=NOCCOc1ccc(C(N)=NO)cc1)c1csc(N)n1)C(C)C1C(=O)N(S(=O)(=O)O)C1C. The standard InChI is InChI=1S/C23H30N6O8S2/c1-12(13(2)19-14(3)29(22(19)31)39(33,34)35)10-18(30)20(17-11-38-23(25)26-17)28-37-9-8-36-16-6-4-15(5-7-16)21(24)27-32/h4-7,11-14,19,32H,8-10H2,1-3H3,(H2,24,27)(H2,25,26)(H,33,34,35). The first-order chi connectivity index (χ1) is 18.3. The second-order valence-electron chi connectivity index (χ2n) is 9.04. The third-order valence-electron chi connectivity index (χ3n) is 6.50. The van der Waals surface area contributed by atoms with Gasteiger partial charge in [0.2, 0.25) is 5.91 Å². The third kappa shape index (κ3) is 7.01. The molecule has 0 saturated carbocycles. The van der Waals surface area contributed by atoms with Gasteiger partial charge in [0.1, 0.15) is 18.1 Å². The van der Waals surface area contributed by atoms with Crippen LogP contribution in [0.5, 0.6) is 5.75 Å². The Morgan fingerprint density at radius 2 is 1.92 bits per heavy atom. The van der Waals surface area contributed by atoms with Crippen molar-refractivity contribution >= 4 is 50.0 Å². The molecule has 0 aliphatic carbocycles. The number of amides is 1. The third-order valence-corrected chi connectivity index (χ3v) is 8.18. The van der Waals surface area contributed by atoms with Gasteiger partial charge < -0.3 is 26.2 Å². The molecule has 1 saturated heterocycles. The monoisotopic (exact) mass is 582 g/mol. The fourth-order valence-corrected chi connectivity index (χ4v) is 5.71. The number of nitrogens with zero attached hydrogens (tertiary/aromatic N) is 4. The zero-order valence-corrected chi connectivity index (χ0v) is 23.1. The Labute approximate surface area is 229 Å². The summed E-state index contributed by atoms with van der Waals surface area (Å²) in [4.78, 5) is 35.0. The Hall–Kier alpha value is -3.76. The van der Waals surface area contributed by atoms with Crippen molar-refractivity contribution in [2.24, 2.45) is 33.8 Å². The van der Waals surface area contributed by atoms with Gasteiger partial charge in [-0.2, -0.15) is 8.42 Å². The number of thiazole rings is 1. The predicted octanol–water partition coefficient (Wildman–Crippen LogP) is 1.50. The van der Waals surface area contributed by atoms with E-state index < -0.39 is 34.0 Å². The Bertz CT molecular complexity index is 1360. The maximum absolute atomic E-state index is 13.2. The minimum absolute atomic E-state index is 0.00387. The van der Waals surface area contributed by atoms with Crippen molar-refractivity contribution in [1.82, 2.24) is 9.29 Å².